The lowest BCUT2D eigenvalue weighted by molar-refractivity contribution is 0.0947. The van der Waals surface area contributed by atoms with E-state index in [1.54, 1.807) is 13.0 Å². The monoisotopic (exact) mass is 391 g/mol. The molecule has 0 aliphatic heterocycles. The molecule has 0 radical (unpaired) electrons. The number of nitrogens with one attached hydrogen (secondary N) is 2. The standard InChI is InChI=1S/C16H17N5O3S2/c1-10(22)15-18-19-16(26-15)21-25-8-7-17-14(23)12-9-13(24-20-12)11-5-3-2-4-6-11/h2-6,9-10,22H,7-8H2,1H3,(H,17,23)(H,19,21). The summed E-state index contributed by atoms with van der Waals surface area (Å²) in [5.41, 5.74) is 1.11. The Kier molecular flexibility index (Phi) is 6.21. The predicted molar refractivity (Wildman–Crippen MR) is 101 cm³/mol. The van der Waals surface area contributed by atoms with E-state index in [1.165, 1.54) is 23.3 Å². The zero-order valence-corrected chi connectivity index (χ0v) is 15.5. The minimum absolute atomic E-state index is 0.243. The first-order chi connectivity index (χ1) is 12.6. The molecule has 10 heteroatoms. The molecule has 1 unspecified atom stereocenters. The minimum Gasteiger partial charge on any atom is -0.386 e. The molecule has 0 saturated carbocycles. The smallest absolute Gasteiger partial charge is 0.273 e. The van der Waals surface area contributed by atoms with Gasteiger partial charge in [-0.15, -0.1) is 10.2 Å². The molecular formula is C16H17N5O3S2. The van der Waals surface area contributed by atoms with Gasteiger partial charge in [-0.25, -0.2) is 0 Å². The largest absolute Gasteiger partial charge is 0.386 e. The highest BCUT2D eigenvalue weighted by Gasteiger charge is 2.13. The molecule has 0 aliphatic rings. The van der Waals surface area contributed by atoms with Gasteiger partial charge >= 0.3 is 0 Å². The molecule has 0 spiro atoms. The van der Waals surface area contributed by atoms with Gasteiger partial charge in [-0.2, -0.15) is 0 Å². The number of amides is 1. The number of rotatable bonds is 8. The maximum atomic E-state index is 12.1. The first-order valence-corrected chi connectivity index (χ1v) is 9.63. The zero-order chi connectivity index (χ0) is 18.4. The summed E-state index contributed by atoms with van der Waals surface area (Å²) in [5.74, 6) is 0.888. The van der Waals surface area contributed by atoms with E-state index in [0.29, 0.717) is 28.2 Å². The summed E-state index contributed by atoms with van der Waals surface area (Å²) in [7, 11) is 0. The third kappa shape index (κ3) is 4.81. The van der Waals surface area contributed by atoms with E-state index in [0.717, 1.165) is 5.56 Å². The van der Waals surface area contributed by atoms with Crippen molar-refractivity contribution in [3.05, 3.63) is 47.1 Å². The number of aromatic nitrogens is 3. The number of carbonyl (C=O) groups excluding carboxylic acids is 1. The Morgan fingerprint density at radius 3 is 2.88 bits per heavy atom. The van der Waals surface area contributed by atoms with Crippen molar-refractivity contribution in [1.82, 2.24) is 20.7 Å². The van der Waals surface area contributed by atoms with Gasteiger partial charge < -0.3 is 19.7 Å². The van der Waals surface area contributed by atoms with E-state index in [-0.39, 0.29) is 11.6 Å². The topological polar surface area (TPSA) is 113 Å². The predicted octanol–water partition coefficient (Wildman–Crippen LogP) is 2.74. The number of hydrogen-bond donors (Lipinski definition) is 3. The molecule has 1 aromatic carbocycles. The Morgan fingerprint density at radius 2 is 2.15 bits per heavy atom. The van der Waals surface area contributed by atoms with Gasteiger partial charge in [-0.3, -0.25) is 4.79 Å². The van der Waals surface area contributed by atoms with Crippen LogP contribution in [0.5, 0.6) is 0 Å². The van der Waals surface area contributed by atoms with Crippen LogP contribution in [0.15, 0.2) is 40.9 Å². The van der Waals surface area contributed by atoms with Gasteiger partial charge in [0.25, 0.3) is 5.91 Å². The van der Waals surface area contributed by atoms with Crippen LogP contribution in [-0.4, -0.2) is 38.7 Å². The Bertz CT molecular complexity index is 850. The van der Waals surface area contributed by atoms with E-state index in [1.807, 2.05) is 30.3 Å². The van der Waals surface area contributed by atoms with E-state index in [9.17, 15) is 9.90 Å². The summed E-state index contributed by atoms with van der Waals surface area (Å²) in [6.45, 7) is 2.09. The summed E-state index contributed by atoms with van der Waals surface area (Å²) in [5, 5.41) is 24.9. The normalized spacial score (nSPS) is 11.9. The van der Waals surface area contributed by atoms with E-state index < -0.39 is 6.10 Å². The second kappa shape index (κ2) is 8.79. The SMILES string of the molecule is CC(O)c1nnc(NSCCNC(=O)c2cc(-c3ccccc3)on2)s1. The molecule has 0 bridgehead atoms. The molecule has 3 aromatic rings. The molecule has 2 aromatic heterocycles. The molecule has 26 heavy (non-hydrogen) atoms. The van der Waals surface area contributed by atoms with E-state index >= 15 is 0 Å². The van der Waals surface area contributed by atoms with Gasteiger partial charge in [-0.05, 0) is 18.9 Å². The summed E-state index contributed by atoms with van der Waals surface area (Å²) in [4.78, 5) is 12.1. The molecule has 0 saturated heterocycles. The van der Waals surface area contributed by atoms with Gasteiger partial charge in [0.2, 0.25) is 5.13 Å². The molecule has 3 N–H and O–H groups in total. The number of aliphatic hydroxyl groups excluding tert-OH is 1. The van der Waals surface area contributed by atoms with Crippen LogP contribution in [0.25, 0.3) is 11.3 Å². The van der Waals surface area contributed by atoms with Crippen LogP contribution in [0.4, 0.5) is 5.13 Å². The first-order valence-electron chi connectivity index (χ1n) is 7.83. The zero-order valence-electron chi connectivity index (χ0n) is 13.9. The van der Waals surface area contributed by atoms with Crippen molar-refractivity contribution in [2.24, 2.45) is 0 Å². The minimum atomic E-state index is -0.629. The Morgan fingerprint density at radius 1 is 1.35 bits per heavy atom. The first kappa shape index (κ1) is 18.4. The number of carbonyl (C=O) groups is 1. The van der Waals surface area contributed by atoms with Crippen molar-refractivity contribution in [2.75, 3.05) is 17.0 Å². The quantitative estimate of drug-likeness (QED) is 0.397. The lowest BCUT2D eigenvalue weighted by atomic mass is 10.1. The van der Waals surface area contributed by atoms with Crippen molar-refractivity contribution in [1.29, 1.82) is 0 Å². The van der Waals surface area contributed by atoms with Gasteiger partial charge in [0.15, 0.2) is 11.5 Å². The molecular weight excluding hydrogens is 374 g/mol. The molecule has 8 nitrogen and oxygen atoms in total. The number of anilines is 1. The number of benzene rings is 1. The summed E-state index contributed by atoms with van der Waals surface area (Å²) in [6, 6.07) is 11.1. The van der Waals surface area contributed by atoms with Crippen molar-refractivity contribution in [3.63, 3.8) is 0 Å². The van der Waals surface area contributed by atoms with Crippen LogP contribution < -0.4 is 10.0 Å². The van der Waals surface area contributed by atoms with Crippen molar-refractivity contribution in [3.8, 4) is 11.3 Å². The lowest BCUT2D eigenvalue weighted by Crippen LogP contribution is -2.26. The number of nitrogens with zero attached hydrogens (tertiary/aromatic N) is 3. The average Bonchev–Trinajstić information content (AvgIpc) is 3.32. The van der Waals surface area contributed by atoms with Crippen molar-refractivity contribution in [2.45, 2.75) is 13.0 Å². The van der Waals surface area contributed by atoms with Crippen molar-refractivity contribution >= 4 is 34.3 Å². The lowest BCUT2D eigenvalue weighted by Gasteiger charge is -2.02. The fourth-order valence-electron chi connectivity index (χ4n) is 1.98. The van der Waals surface area contributed by atoms with Crippen LogP contribution in [-0.2, 0) is 0 Å². The summed E-state index contributed by atoms with van der Waals surface area (Å²) < 4.78 is 8.24. The highest BCUT2D eigenvalue weighted by atomic mass is 32.2. The molecule has 1 amide bonds. The van der Waals surface area contributed by atoms with Crippen LogP contribution in [0.2, 0.25) is 0 Å². The average molecular weight is 391 g/mol. The third-order valence-electron chi connectivity index (χ3n) is 3.25. The summed E-state index contributed by atoms with van der Waals surface area (Å²) in [6.07, 6.45) is -0.629. The molecule has 1 atom stereocenters. The molecule has 3 rings (SSSR count). The van der Waals surface area contributed by atoms with Gasteiger partial charge in [0, 0.05) is 23.9 Å². The van der Waals surface area contributed by atoms with Crippen LogP contribution in [0.3, 0.4) is 0 Å². The summed E-state index contributed by atoms with van der Waals surface area (Å²) >= 11 is 2.68. The number of aliphatic hydroxyl groups is 1. The second-order valence-electron chi connectivity index (χ2n) is 5.27. The fraction of sp³-hybridized carbons (Fsp3) is 0.250. The maximum Gasteiger partial charge on any atom is 0.273 e. The highest BCUT2D eigenvalue weighted by molar-refractivity contribution is 8.00. The van der Waals surface area contributed by atoms with Crippen LogP contribution in [0.1, 0.15) is 28.5 Å². The number of hydrogen-bond acceptors (Lipinski definition) is 9. The van der Waals surface area contributed by atoms with Gasteiger partial charge in [0.05, 0.1) is 0 Å². The second-order valence-corrected chi connectivity index (χ2v) is 7.18. The van der Waals surface area contributed by atoms with Crippen LogP contribution in [0, 0.1) is 0 Å². The van der Waals surface area contributed by atoms with Crippen LogP contribution >= 0.6 is 23.3 Å². The van der Waals surface area contributed by atoms with Crippen molar-refractivity contribution < 1.29 is 14.4 Å². The Labute approximate surface area is 158 Å². The Hall–Kier alpha value is -2.43. The van der Waals surface area contributed by atoms with Gasteiger partial charge in [-0.1, -0.05) is 46.8 Å². The molecule has 0 fully saturated rings. The third-order valence-corrected chi connectivity index (χ3v) is 5.13. The Balaban J connectivity index is 1.41. The molecule has 0 aliphatic carbocycles. The molecule has 136 valence electrons. The van der Waals surface area contributed by atoms with E-state index in [2.05, 4.69) is 25.4 Å². The maximum absolute atomic E-state index is 12.1. The highest BCUT2D eigenvalue weighted by Crippen LogP contribution is 2.23. The van der Waals surface area contributed by atoms with E-state index in [4.69, 9.17) is 4.52 Å². The molecule has 2 heterocycles. The fourth-order valence-corrected chi connectivity index (χ4v) is 3.33. The van der Waals surface area contributed by atoms with Gasteiger partial charge in [0.1, 0.15) is 11.1 Å².